The molecule has 1 aromatic carbocycles. The number of benzene rings is 1. The molecule has 0 spiro atoms. The van der Waals surface area contributed by atoms with E-state index in [0.717, 1.165) is 48.9 Å². The van der Waals surface area contributed by atoms with E-state index in [1.807, 2.05) is 23.9 Å². The lowest BCUT2D eigenvalue weighted by Gasteiger charge is -2.37. The highest BCUT2D eigenvalue weighted by atomic mass is 19.1. The van der Waals surface area contributed by atoms with Crippen LogP contribution < -0.4 is 4.90 Å². The minimum atomic E-state index is -0.853. The number of likely N-dealkylation sites (tertiary alicyclic amines) is 1. The number of carbonyl (C=O) groups is 1. The Morgan fingerprint density at radius 1 is 1.19 bits per heavy atom. The van der Waals surface area contributed by atoms with Gasteiger partial charge in [0.15, 0.2) is 0 Å². The summed E-state index contributed by atoms with van der Waals surface area (Å²) in [5.41, 5.74) is 1.78. The fraction of sp³-hybridized carbons (Fsp3) is 0.560. The summed E-state index contributed by atoms with van der Waals surface area (Å²) in [6.07, 6.45) is 8.35. The third-order valence-electron chi connectivity index (χ3n) is 6.79. The second kappa shape index (κ2) is 9.53. The van der Waals surface area contributed by atoms with Crippen molar-refractivity contribution in [3.05, 3.63) is 42.0 Å². The van der Waals surface area contributed by atoms with Crippen LogP contribution in [0.5, 0.6) is 0 Å². The van der Waals surface area contributed by atoms with Crippen LogP contribution in [0, 0.1) is 5.82 Å². The van der Waals surface area contributed by atoms with Gasteiger partial charge in [0.1, 0.15) is 5.82 Å². The largest absolute Gasteiger partial charge is 0.389 e. The van der Waals surface area contributed by atoms with E-state index in [-0.39, 0.29) is 24.1 Å². The molecule has 1 saturated heterocycles. The molecule has 7 heteroatoms. The summed E-state index contributed by atoms with van der Waals surface area (Å²) < 4.78 is 13.5. The summed E-state index contributed by atoms with van der Waals surface area (Å²) in [7, 11) is 3.80. The highest BCUT2D eigenvalue weighted by Gasteiger charge is 2.35. The summed E-state index contributed by atoms with van der Waals surface area (Å²) in [6.45, 7) is 1.29. The second-order valence-corrected chi connectivity index (χ2v) is 9.51. The lowest BCUT2D eigenvalue weighted by Crippen LogP contribution is -2.44. The maximum atomic E-state index is 13.5. The zero-order valence-electron chi connectivity index (χ0n) is 19.1. The molecular formula is C25H33FN4O2. The van der Waals surface area contributed by atoms with E-state index >= 15 is 0 Å². The van der Waals surface area contributed by atoms with E-state index in [1.54, 1.807) is 18.3 Å². The Labute approximate surface area is 189 Å². The highest BCUT2D eigenvalue weighted by molar-refractivity contribution is 5.77. The first-order valence-corrected chi connectivity index (χ1v) is 11.6. The number of piperidine rings is 1. The van der Waals surface area contributed by atoms with Gasteiger partial charge in [-0.15, -0.1) is 0 Å². The SMILES string of the molecule is CN(C)c1ncc(-c2ccc(F)cc2)c([C@@H]2CCCN(C(=O)CC3(O)CCCCC3)C2)n1. The van der Waals surface area contributed by atoms with Crippen molar-refractivity contribution in [2.24, 2.45) is 0 Å². The maximum Gasteiger partial charge on any atom is 0.225 e. The van der Waals surface area contributed by atoms with Crippen LogP contribution >= 0.6 is 0 Å². The molecular weight excluding hydrogens is 407 g/mol. The average Bonchev–Trinajstić information content (AvgIpc) is 2.79. The van der Waals surface area contributed by atoms with Gasteiger partial charge in [-0.2, -0.15) is 0 Å². The Morgan fingerprint density at radius 3 is 2.59 bits per heavy atom. The van der Waals surface area contributed by atoms with Gasteiger partial charge in [0.25, 0.3) is 0 Å². The molecule has 1 aromatic heterocycles. The van der Waals surface area contributed by atoms with Gasteiger partial charge in [0.2, 0.25) is 11.9 Å². The maximum absolute atomic E-state index is 13.5. The Hall–Kier alpha value is -2.54. The van der Waals surface area contributed by atoms with Crippen molar-refractivity contribution in [3.8, 4) is 11.1 Å². The molecule has 0 bridgehead atoms. The lowest BCUT2D eigenvalue weighted by atomic mass is 9.82. The topological polar surface area (TPSA) is 69.6 Å². The van der Waals surface area contributed by atoms with Gasteiger partial charge in [-0.1, -0.05) is 31.4 Å². The first-order chi connectivity index (χ1) is 15.3. The van der Waals surface area contributed by atoms with Crippen LogP contribution in [0.2, 0.25) is 0 Å². The standard InChI is InChI=1S/C25H33FN4O2/c1-29(2)24-27-16-21(18-8-10-20(26)11-9-18)23(28-24)19-7-6-14-30(17-19)22(31)15-25(32)12-4-3-5-13-25/h8-11,16,19,32H,3-7,12-15,17H2,1-2H3/t19-/m1/s1. The van der Waals surface area contributed by atoms with Crippen molar-refractivity contribution in [1.29, 1.82) is 0 Å². The number of nitrogens with zero attached hydrogens (tertiary/aromatic N) is 4. The quantitative estimate of drug-likeness (QED) is 0.757. The lowest BCUT2D eigenvalue weighted by molar-refractivity contribution is -0.139. The van der Waals surface area contributed by atoms with E-state index in [9.17, 15) is 14.3 Å². The first-order valence-electron chi connectivity index (χ1n) is 11.6. The van der Waals surface area contributed by atoms with Crippen LogP contribution in [0.25, 0.3) is 11.1 Å². The van der Waals surface area contributed by atoms with E-state index in [0.29, 0.717) is 31.9 Å². The number of hydrogen-bond donors (Lipinski definition) is 1. The van der Waals surface area contributed by atoms with Crippen molar-refractivity contribution in [2.45, 2.75) is 62.9 Å². The molecule has 2 fully saturated rings. The van der Waals surface area contributed by atoms with Crippen molar-refractivity contribution < 1.29 is 14.3 Å². The Balaban J connectivity index is 1.58. The molecule has 1 N–H and O–H groups in total. The molecule has 1 aliphatic heterocycles. The number of aliphatic hydroxyl groups is 1. The summed E-state index contributed by atoms with van der Waals surface area (Å²) in [5, 5.41) is 10.9. The molecule has 1 amide bonds. The molecule has 1 saturated carbocycles. The van der Waals surface area contributed by atoms with Crippen LogP contribution in [0.15, 0.2) is 30.5 Å². The van der Waals surface area contributed by atoms with Gasteiger partial charge >= 0.3 is 0 Å². The fourth-order valence-corrected chi connectivity index (χ4v) is 4.97. The molecule has 4 rings (SSSR count). The second-order valence-electron chi connectivity index (χ2n) is 9.51. The molecule has 2 aromatic rings. The van der Waals surface area contributed by atoms with Gasteiger partial charge in [0, 0.05) is 44.9 Å². The molecule has 2 aliphatic rings. The normalized spacial score (nSPS) is 20.8. The Bertz CT molecular complexity index is 941. The zero-order valence-corrected chi connectivity index (χ0v) is 19.1. The molecule has 1 aliphatic carbocycles. The van der Waals surface area contributed by atoms with Crippen molar-refractivity contribution in [3.63, 3.8) is 0 Å². The molecule has 0 radical (unpaired) electrons. The van der Waals surface area contributed by atoms with Crippen LogP contribution in [-0.4, -0.2) is 58.7 Å². The molecule has 32 heavy (non-hydrogen) atoms. The molecule has 6 nitrogen and oxygen atoms in total. The summed E-state index contributed by atoms with van der Waals surface area (Å²) in [6, 6.07) is 6.38. The monoisotopic (exact) mass is 440 g/mol. The summed E-state index contributed by atoms with van der Waals surface area (Å²) >= 11 is 0. The first kappa shape index (κ1) is 22.6. The van der Waals surface area contributed by atoms with Crippen molar-refractivity contribution in [2.75, 3.05) is 32.1 Å². The van der Waals surface area contributed by atoms with E-state index in [1.165, 1.54) is 12.1 Å². The third kappa shape index (κ3) is 5.09. The third-order valence-corrected chi connectivity index (χ3v) is 6.79. The molecule has 1 atom stereocenters. The highest BCUT2D eigenvalue weighted by Crippen LogP contribution is 2.36. The number of aromatic nitrogens is 2. The number of hydrogen-bond acceptors (Lipinski definition) is 5. The van der Waals surface area contributed by atoms with Crippen molar-refractivity contribution in [1.82, 2.24) is 14.9 Å². The zero-order chi connectivity index (χ0) is 22.7. The van der Waals surface area contributed by atoms with Gasteiger partial charge in [-0.05, 0) is 43.4 Å². The van der Waals surface area contributed by atoms with E-state index in [4.69, 9.17) is 4.98 Å². The van der Waals surface area contributed by atoms with Gasteiger partial charge in [-0.25, -0.2) is 14.4 Å². The predicted octanol–water partition coefficient (Wildman–Crippen LogP) is 4.14. The minimum absolute atomic E-state index is 0.0318. The smallest absolute Gasteiger partial charge is 0.225 e. The van der Waals surface area contributed by atoms with Gasteiger partial charge < -0.3 is 14.9 Å². The van der Waals surface area contributed by atoms with Crippen LogP contribution in [0.3, 0.4) is 0 Å². The predicted molar refractivity (Wildman–Crippen MR) is 123 cm³/mol. The van der Waals surface area contributed by atoms with Gasteiger partial charge in [-0.3, -0.25) is 4.79 Å². The molecule has 0 unspecified atom stereocenters. The number of rotatable bonds is 5. The van der Waals surface area contributed by atoms with Gasteiger partial charge in [0.05, 0.1) is 17.7 Å². The summed E-state index contributed by atoms with van der Waals surface area (Å²) in [4.78, 5) is 26.2. The fourth-order valence-electron chi connectivity index (χ4n) is 4.97. The van der Waals surface area contributed by atoms with E-state index in [2.05, 4.69) is 4.98 Å². The minimum Gasteiger partial charge on any atom is -0.389 e. The number of anilines is 1. The Kier molecular flexibility index (Phi) is 6.74. The number of halogens is 1. The van der Waals surface area contributed by atoms with Crippen molar-refractivity contribution >= 4 is 11.9 Å². The summed E-state index contributed by atoms with van der Waals surface area (Å²) in [5.74, 6) is 0.432. The van der Waals surface area contributed by atoms with Crippen LogP contribution in [0.1, 0.15) is 63.0 Å². The van der Waals surface area contributed by atoms with Crippen LogP contribution in [0.4, 0.5) is 10.3 Å². The molecule has 2 heterocycles. The molecule has 172 valence electrons. The van der Waals surface area contributed by atoms with Crippen LogP contribution in [-0.2, 0) is 4.79 Å². The van der Waals surface area contributed by atoms with E-state index < -0.39 is 5.60 Å². The number of amides is 1. The average molecular weight is 441 g/mol. The Morgan fingerprint density at radius 2 is 1.91 bits per heavy atom. The number of carbonyl (C=O) groups excluding carboxylic acids is 1.